The maximum atomic E-state index is 13.8. The van der Waals surface area contributed by atoms with Crippen LogP contribution < -0.4 is 5.32 Å². The normalized spacial score (nSPS) is 14.8. The number of amides is 2. The molecule has 0 saturated carbocycles. The molecule has 2 amide bonds. The van der Waals surface area contributed by atoms with Gasteiger partial charge in [0.15, 0.2) is 0 Å². The molecular weight excluding hydrogens is 374 g/mol. The lowest BCUT2D eigenvalue weighted by molar-refractivity contribution is 0.0700. The monoisotopic (exact) mass is 394 g/mol. The van der Waals surface area contributed by atoms with Gasteiger partial charge in [0, 0.05) is 30.8 Å². The van der Waals surface area contributed by atoms with E-state index in [1.54, 1.807) is 4.90 Å². The third-order valence-electron chi connectivity index (χ3n) is 5.31. The molecule has 0 aliphatic carbocycles. The van der Waals surface area contributed by atoms with E-state index in [0.29, 0.717) is 37.6 Å². The highest BCUT2D eigenvalue weighted by molar-refractivity contribution is 6.07. The van der Waals surface area contributed by atoms with E-state index < -0.39 is 17.5 Å². The average molecular weight is 394 g/mol. The van der Waals surface area contributed by atoms with Crippen molar-refractivity contribution in [2.24, 2.45) is 0 Å². The molecule has 0 unspecified atom stereocenters. The first kappa shape index (κ1) is 19.1. The molecule has 0 radical (unpaired) electrons. The van der Waals surface area contributed by atoms with Gasteiger partial charge in [0.1, 0.15) is 11.6 Å². The Bertz CT molecular complexity index is 1070. The number of hydrogen-bond acceptors (Lipinski definition) is 2. The van der Waals surface area contributed by atoms with E-state index in [0.717, 1.165) is 22.9 Å². The van der Waals surface area contributed by atoms with Crippen LogP contribution in [0.2, 0.25) is 0 Å². The fourth-order valence-corrected chi connectivity index (χ4v) is 3.75. The molecule has 4 nitrogen and oxygen atoms in total. The average Bonchev–Trinajstić information content (AvgIpc) is 2.73. The van der Waals surface area contributed by atoms with E-state index in [1.165, 1.54) is 0 Å². The highest BCUT2D eigenvalue weighted by atomic mass is 19.1. The number of nitrogens with one attached hydrogen (secondary N) is 1. The summed E-state index contributed by atoms with van der Waals surface area (Å²) in [5, 5.41) is 4.72. The molecule has 1 N–H and O–H groups in total. The molecule has 1 aliphatic rings. The molecule has 3 aromatic rings. The number of piperidine rings is 1. The van der Waals surface area contributed by atoms with Crippen LogP contribution in [0.4, 0.5) is 8.78 Å². The lowest BCUT2D eigenvalue weighted by atomic mass is 10.0. The van der Waals surface area contributed by atoms with E-state index >= 15 is 0 Å². The Labute approximate surface area is 167 Å². The molecule has 0 aromatic heterocycles. The summed E-state index contributed by atoms with van der Waals surface area (Å²) in [6.45, 7) is 0.998. The zero-order valence-corrected chi connectivity index (χ0v) is 15.7. The minimum atomic E-state index is -0.883. The second-order valence-electron chi connectivity index (χ2n) is 7.19. The molecule has 1 fully saturated rings. The van der Waals surface area contributed by atoms with Crippen molar-refractivity contribution >= 4 is 22.6 Å². The summed E-state index contributed by atoms with van der Waals surface area (Å²) in [5.74, 6) is -2.21. The summed E-state index contributed by atoms with van der Waals surface area (Å²) in [7, 11) is 0. The molecule has 4 rings (SSSR count). The number of hydrogen-bond donors (Lipinski definition) is 1. The van der Waals surface area contributed by atoms with Crippen LogP contribution in [0.3, 0.4) is 0 Å². The largest absolute Gasteiger partial charge is 0.349 e. The van der Waals surface area contributed by atoms with Gasteiger partial charge in [-0.2, -0.15) is 0 Å². The van der Waals surface area contributed by atoms with Gasteiger partial charge >= 0.3 is 0 Å². The number of nitrogens with zero attached hydrogens (tertiary/aromatic N) is 1. The maximum Gasteiger partial charge on any atom is 0.254 e. The number of likely N-dealkylation sites (tertiary alicyclic amines) is 1. The predicted octanol–water partition coefficient (Wildman–Crippen LogP) is 4.15. The zero-order valence-electron chi connectivity index (χ0n) is 15.7. The molecule has 0 atom stereocenters. The summed E-state index contributed by atoms with van der Waals surface area (Å²) in [4.78, 5) is 27.0. The van der Waals surface area contributed by atoms with Crippen LogP contribution in [0, 0.1) is 11.6 Å². The SMILES string of the molecule is O=C(NC1CCN(C(=O)c2cccc3ccccc23)CC1)c1ccc(F)cc1F. The Morgan fingerprint density at radius 2 is 1.62 bits per heavy atom. The number of carbonyl (C=O) groups is 2. The first-order chi connectivity index (χ1) is 14.0. The van der Waals surface area contributed by atoms with Crippen molar-refractivity contribution in [1.82, 2.24) is 10.2 Å². The summed E-state index contributed by atoms with van der Waals surface area (Å²) in [6.07, 6.45) is 1.15. The minimum absolute atomic E-state index is 0.0313. The van der Waals surface area contributed by atoms with Gasteiger partial charge in [0.2, 0.25) is 0 Å². The second-order valence-corrected chi connectivity index (χ2v) is 7.19. The van der Waals surface area contributed by atoms with Gasteiger partial charge in [0.05, 0.1) is 5.56 Å². The number of carbonyl (C=O) groups excluding carboxylic acids is 2. The number of rotatable bonds is 3. The van der Waals surface area contributed by atoms with Crippen molar-refractivity contribution < 1.29 is 18.4 Å². The van der Waals surface area contributed by atoms with E-state index in [1.807, 2.05) is 42.5 Å². The van der Waals surface area contributed by atoms with Crippen LogP contribution in [0.1, 0.15) is 33.6 Å². The smallest absolute Gasteiger partial charge is 0.254 e. The maximum absolute atomic E-state index is 13.8. The number of halogens is 2. The van der Waals surface area contributed by atoms with Crippen LogP contribution in [0.5, 0.6) is 0 Å². The molecule has 1 saturated heterocycles. The van der Waals surface area contributed by atoms with Gasteiger partial charge in [0.25, 0.3) is 11.8 Å². The highest BCUT2D eigenvalue weighted by Gasteiger charge is 2.26. The molecule has 1 aliphatic heterocycles. The van der Waals surface area contributed by atoms with Crippen molar-refractivity contribution in [3.05, 3.63) is 83.4 Å². The van der Waals surface area contributed by atoms with E-state index in [9.17, 15) is 18.4 Å². The Morgan fingerprint density at radius 1 is 0.897 bits per heavy atom. The summed E-state index contributed by atoms with van der Waals surface area (Å²) in [5.41, 5.74) is 0.486. The van der Waals surface area contributed by atoms with E-state index in [-0.39, 0.29) is 17.5 Å². The molecule has 0 spiro atoms. The minimum Gasteiger partial charge on any atom is -0.349 e. The van der Waals surface area contributed by atoms with Gasteiger partial charge in [-0.3, -0.25) is 9.59 Å². The Balaban J connectivity index is 1.40. The number of fused-ring (bicyclic) bond motifs is 1. The van der Waals surface area contributed by atoms with Gasteiger partial charge < -0.3 is 10.2 Å². The first-order valence-corrected chi connectivity index (χ1v) is 9.56. The molecule has 0 bridgehead atoms. The van der Waals surface area contributed by atoms with Gasteiger partial charge in [-0.15, -0.1) is 0 Å². The van der Waals surface area contributed by atoms with Crippen LogP contribution in [0.25, 0.3) is 10.8 Å². The summed E-state index contributed by atoms with van der Waals surface area (Å²) < 4.78 is 26.8. The van der Waals surface area contributed by atoms with Gasteiger partial charge in [-0.05, 0) is 41.8 Å². The second kappa shape index (κ2) is 7.99. The van der Waals surface area contributed by atoms with Crippen molar-refractivity contribution in [3.8, 4) is 0 Å². The Kier molecular flexibility index (Phi) is 5.25. The van der Waals surface area contributed by atoms with Crippen LogP contribution >= 0.6 is 0 Å². The third kappa shape index (κ3) is 3.97. The van der Waals surface area contributed by atoms with Crippen molar-refractivity contribution in [3.63, 3.8) is 0 Å². The fraction of sp³-hybridized carbons (Fsp3) is 0.217. The van der Waals surface area contributed by atoms with Crippen LogP contribution in [0.15, 0.2) is 60.7 Å². The summed E-state index contributed by atoms with van der Waals surface area (Å²) >= 11 is 0. The predicted molar refractivity (Wildman–Crippen MR) is 107 cm³/mol. The topological polar surface area (TPSA) is 49.4 Å². The molecular formula is C23H20F2N2O2. The highest BCUT2D eigenvalue weighted by Crippen LogP contribution is 2.22. The number of benzene rings is 3. The summed E-state index contributed by atoms with van der Waals surface area (Å²) in [6, 6.07) is 16.2. The lowest BCUT2D eigenvalue weighted by Gasteiger charge is -2.32. The van der Waals surface area contributed by atoms with Crippen molar-refractivity contribution in [1.29, 1.82) is 0 Å². The van der Waals surface area contributed by atoms with E-state index in [2.05, 4.69) is 5.32 Å². The molecule has 148 valence electrons. The Hall–Kier alpha value is -3.28. The van der Waals surface area contributed by atoms with Crippen molar-refractivity contribution in [2.75, 3.05) is 13.1 Å². The van der Waals surface area contributed by atoms with Crippen LogP contribution in [-0.2, 0) is 0 Å². The standard InChI is InChI=1S/C23H20F2N2O2/c24-16-8-9-20(21(25)14-16)22(28)26-17-10-12-27(13-11-17)23(29)19-7-3-5-15-4-1-2-6-18(15)19/h1-9,14,17H,10-13H2,(H,26,28). The molecule has 1 heterocycles. The van der Waals surface area contributed by atoms with Gasteiger partial charge in [-0.1, -0.05) is 36.4 Å². The van der Waals surface area contributed by atoms with Crippen LogP contribution in [-0.4, -0.2) is 35.8 Å². The molecule has 6 heteroatoms. The zero-order chi connectivity index (χ0) is 20.4. The fourth-order valence-electron chi connectivity index (χ4n) is 3.75. The van der Waals surface area contributed by atoms with Gasteiger partial charge in [-0.25, -0.2) is 8.78 Å². The quantitative estimate of drug-likeness (QED) is 0.726. The lowest BCUT2D eigenvalue weighted by Crippen LogP contribution is -2.46. The van der Waals surface area contributed by atoms with Crippen molar-refractivity contribution in [2.45, 2.75) is 18.9 Å². The molecule has 29 heavy (non-hydrogen) atoms. The Morgan fingerprint density at radius 3 is 2.38 bits per heavy atom. The third-order valence-corrected chi connectivity index (χ3v) is 5.31. The molecule has 3 aromatic carbocycles. The first-order valence-electron chi connectivity index (χ1n) is 9.56. The van der Waals surface area contributed by atoms with E-state index in [4.69, 9.17) is 0 Å².